The first-order chi connectivity index (χ1) is 9.66. The van der Waals surface area contributed by atoms with Crippen LogP contribution in [-0.4, -0.2) is 33.9 Å². The van der Waals surface area contributed by atoms with Gasteiger partial charge in [0.2, 0.25) is 0 Å². The molecule has 0 bridgehead atoms. The number of nitrogens with zero attached hydrogens (tertiary/aromatic N) is 2. The summed E-state index contributed by atoms with van der Waals surface area (Å²) in [6, 6.07) is 5.24. The highest BCUT2D eigenvalue weighted by Gasteiger charge is 2.23. The minimum absolute atomic E-state index is 0. The van der Waals surface area contributed by atoms with Crippen molar-refractivity contribution < 1.29 is 5.11 Å². The Labute approximate surface area is 133 Å². The van der Waals surface area contributed by atoms with Gasteiger partial charge in [-0.2, -0.15) is 0 Å². The van der Waals surface area contributed by atoms with Gasteiger partial charge in [0.05, 0.1) is 28.4 Å². The van der Waals surface area contributed by atoms with Crippen molar-refractivity contribution in [3.05, 3.63) is 39.9 Å². The van der Waals surface area contributed by atoms with Gasteiger partial charge in [-0.3, -0.25) is 9.36 Å². The van der Waals surface area contributed by atoms with Crippen LogP contribution in [-0.2, 0) is 6.54 Å². The van der Waals surface area contributed by atoms with Gasteiger partial charge in [0.1, 0.15) is 0 Å². The SMILES string of the molecule is Cl.O=c1c2c(Cl)cccc2ncn1C[C@@H]1CCNC[C@H]1O. The van der Waals surface area contributed by atoms with Gasteiger partial charge in [-0.1, -0.05) is 17.7 Å². The van der Waals surface area contributed by atoms with Crippen molar-refractivity contribution in [3.63, 3.8) is 0 Å². The number of hydrogen-bond acceptors (Lipinski definition) is 4. The molecule has 21 heavy (non-hydrogen) atoms. The van der Waals surface area contributed by atoms with Crippen LogP contribution in [0.3, 0.4) is 0 Å². The fourth-order valence-electron chi connectivity index (χ4n) is 2.65. The highest BCUT2D eigenvalue weighted by molar-refractivity contribution is 6.35. The Bertz CT molecular complexity index is 689. The Morgan fingerprint density at radius 3 is 3.05 bits per heavy atom. The lowest BCUT2D eigenvalue weighted by Crippen LogP contribution is -2.43. The van der Waals surface area contributed by atoms with E-state index in [9.17, 15) is 9.90 Å². The van der Waals surface area contributed by atoms with Gasteiger partial charge < -0.3 is 10.4 Å². The van der Waals surface area contributed by atoms with E-state index in [1.54, 1.807) is 22.8 Å². The Morgan fingerprint density at radius 2 is 2.29 bits per heavy atom. The van der Waals surface area contributed by atoms with Crippen LogP contribution in [0.5, 0.6) is 0 Å². The van der Waals surface area contributed by atoms with Crippen LogP contribution in [0.25, 0.3) is 10.9 Å². The first-order valence-corrected chi connectivity index (χ1v) is 7.07. The molecule has 0 saturated carbocycles. The molecule has 1 saturated heterocycles. The molecule has 2 aromatic rings. The topological polar surface area (TPSA) is 67.2 Å². The summed E-state index contributed by atoms with van der Waals surface area (Å²) in [5, 5.41) is 14.0. The van der Waals surface area contributed by atoms with Gasteiger partial charge in [-0.05, 0) is 25.1 Å². The van der Waals surface area contributed by atoms with E-state index in [4.69, 9.17) is 11.6 Å². The van der Waals surface area contributed by atoms with Crippen molar-refractivity contribution in [2.24, 2.45) is 5.92 Å². The van der Waals surface area contributed by atoms with Crippen molar-refractivity contribution >= 4 is 34.9 Å². The van der Waals surface area contributed by atoms with Gasteiger partial charge in [0.25, 0.3) is 5.56 Å². The number of aliphatic hydroxyl groups excluding tert-OH is 1. The molecular formula is C14H17Cl2N3O2. The van der Waals surface area contributed by atoms with Crippen LogP contribution in [0, 0.1) is 5.92 Å². The number of β-amino-alcohol motifs (C(OH)–C–C–N with tert-alkyl or cyclic N) is 1. The molecular weight excluding hydrogens is 313 g/mol. The van der Waals surface area contributed by atoms with Crippen molar-refractivity contribution in [1.82, 2.24) is 14.9 Å². The minimum Gasteiger partial charge on any atom is -0.391 e. The van der Waals surface area contributed by atoms with E-state index >= 15 is 0 Å². The number of rotatable bonds is 2. The Balaban J connectivity index is 0.00000161. The number of halogens is 2. The molecule has 0 spiro atoms. The molecule has 1 aromatic heterocycles. The predicted molar refractivity (Wildman–Crippen MR) is 85.2 cm³/mol. The molecule has 114 valence electrons. The van der Waals surface area contributed by atoms with Gasteiger partial charge in [-0.25, -0.2) is 4.98 Å². The monoisotopic (exact) mass is 329 g/mol. The molecule has 3 rings (SSSR count). The van der Waals surface area contributed by atoms with E-state index in [1.807, 2.05) is 0 Å². The molecule has 5 nitrogen and oxygen atoms in total. The Hall–Kier alpha value is -1.14. The third-order valence-electron chi connectivity index (χ3n) is 3.82. The zero-order valence-corrected chi connectivity index (χ0v) is 12.9. The highest BCUT2D eigenvalue weighted by Crippen LogP contribution is 2.19. The summed E-state index contributed by atoms with van der Waals surface area (Å²) in [5.74, 6) is 0.0655. The first-order valence-electron chi connectivity index (χ1n) is 6.69. The van der Waals surface area contributed by atoms with Crippen molar-refractivity contribution in [1.29, 1.82) is 0 Å². The van der Waals surface area contributed by atoms with Gasteiger partial charge >= 0.3 is 0 Å². The molecule has 0 radical (unpaired) electrons. The lowest BCUT2D eigenvalue weighted by Gasteiger charge is -2.28. The van der Waals surface area contributed by atoms with Crippen molar-refractivity contribution in [3.8, 4) is 0 Å². The van der Waals surface area contributed by atoms with E-state index in [0.717, 1.165) is 13.0 Å². The Kier molecular flexibility index (Phi) is 5.22. The second-order valence-electron chi connectivity index (χ2n) is 5.16. The molecule has 0 aliphatic carbocycles. The Morgan fingerprint density at radius 1 is 1.48 bits per heavy atom. The smallest absolute Gasteiger partial charge is 0.262 e. The standard InChI is InChI=1S/C14H16ClN3O2.ClH/c15-10-2-1-3-11-13(10)14(20)18(8-17-11)7-9-4-5-16-6-12(9)19;/h1-3,8-9,12,16,19H,4-7H2;1H/t9-,12+;/m0./s1. The van der Waals surface area contributed by atoms with Crippen molar-refractivity contribution in [2.75, 3.05) is 13.1 Å². The summed E-state index contributed by atoms with van der Waals surface area (Å²) < 4.78 is 1.55. The summed E-state index contributed by atoms with van der Waals surface area (Å²) in [5.41, 5.74) is 0.455. The van der Waals surface area contributed by atoms with Crippen LogP contribution in [0.4, 0.5) is 0 Å². The second-order valence-corrected chi connectivity index (χ2v) is 5.56. The van der Waals surface area contributed by atoms with Crippen LogP contribution in [0.15, 0.2) is 29.3 Å². The van der Waals surface area contributed by atoms with Gasteiger partial charge in [0, 0.05) is 19.0 Å². The number of hydrogen-bond donors (Lipinski definition) is 2. The second kappa shape index (κ2) is 6.75. The van der Waals surface area contributed by atoms with Gasteiger partial charge in [-0.15, -0.1) is 12.4 Å². The molecule has 1 aromatic carbocycles. The molecule has 2 heterocycles. The van der Waals surface area contributed by atoms with Crippen LogP contribution in [0.2, 0.25) is 5.02 Å². The third-order valence-corrected chi connectivity index (χ3v) is 4.14. The van der Waals surface area contributed by atoms with E-state index in [0.29, 0.717) is 29.0 Å². The quantitative estimate of drug-likeness (QED) is 0.874. The first kappa shape index (κ1) is 16.2. The normalized spacial score (nSPS) is 22.0. The summed E-state index contributed by atoms with van der Waals surface area (Å²) in [6.45, 7) is 1.90. The maximum absolute atomic E-state index is 12.5. The molecule has 0 unspecified atom stereocenters. The maximum atomic E-state index is 12.5. The average Bonchev–Trinajstić information content (AvgIpc) is 2.44. The molecule has 7 heteroatoms. The number of fused-ring (bicyclic) bond motifs is 1. The van der Waals surface area contributed by atoms with Gasteiger partial charge in [0.15, 0.2) is 0 Å². The predicted octanol–water partition coefficient (Wildman–Crippen LogP) is 1.44. The fourth-order valence-corrected chi connectivity index (χ4v) is 2.90. The lowest BCUT2D eigenvalue weighted by molar-refractivity contribution is 0.0717. The van der Waals surface area contributed by atoms with Crippen molar-refractivity contribution in [2.45, 2.75) is 19.1 Å². The zero-order valence-electron chi connectivity index (χ0n) is 11.3. The summed E-state index contributed by atoms with van der Waals surface area (Å²) >= 11 is 6.09. The number of aliphatic hydroxyl groups is 1. The highest BCUT2D eigenvalue weighted by atomic mass is 35.5. The summed E-state index contributed by atoms with van der Waals surface area (Å²) in [6.07, 6.45) is 1.95. The minimum atomic E-state index is -0.433. The average molecular weight is 330 g/mol. The number of nitrogens with one attached hydrogen (secondary N) is 1. The molecule has 2 N–H and O–H groups in total. The van der Waals surface area contributed by atoms with E-state index in [2.05, 4.69) is 10.3 Å². The molecule has 0 amide bonds. The van der Waals surface area contributed by atoms with Crippen LogP contribution >= 0.6 is 24.0 Å². The van der Waals surface area contributed by atoms with E-state index < -0.39 is 6.10 Å². The fraction of sp³-hybridized carbons (Fsp3) is 0.429. The summed E-state index contributed by atoms with van der Waals surface area (Å²) in [7, 11) is 0. The third kappa shape index (κ3) is 3.21. The summed E-state index contributed by atoms with van der Waals surface area (Å²) in [4.78, 5) is 16.7. The van der Waals surface area contributed by atoms with E-state index in [-0.39, 0.29) is 23.9 Å². The number of piperidine rings is 1. The lowest BCUT2D eigenvalue weighted by atomic mass is 9.95. The van der Waals surface area contributed by atoms with Crippen LogP contribution < -0.4 is 10.9 Å². The maximum Gasteiger partial charge on any atom is 0.262 e. The molecule has 2 atom stereocenters. The molecule has 1 aliphatic heterocycles. The van der Waals surface area contributed by atoms with Crippen LogP contribution in [0.1, 0.15) is 6.42 Å². The molecule has 1 aliphatic rings. The number of benzene rings is 1. The largest absolute Gasteiger partial charge is 0.391 e. The number of aromatic nitrogens is 2. The van der Waals surface area contributed by atoms with E-state index in [1.165, 1.54) is 6.33 Å². The molecule has 1 fully saturated rings. The zero-order chi connectivity index (χ0) is 14.1.